The number of halogens is 2. The molecule has 1 saturated heterocycles. The largest absolute Gasteiger partial charge is 0.507 e. The lowest BCUT2D eigenvalue weighted by Gasteiger charge is -2.24. The van der Waals surface area contributed by atoms with Crippen LogP contribution in [-0.2, 0) is 9.59 Å². The molecule has 1 aromatic heterocycles. The fourth-order valence-electron chi connectivity index (χ4n) is 4.36. The lowest BCUT2D eigenvalue weighted by atomic mass is 9.95. The molecule has 8 nitrogen and oxygen atoms in total. The molecule has 2 heterocycles. The van der Waals surface area contributed by atoms with Crippen molar-refractivity contribution in [1.29, 1.82) is 0 Å². The molecule has 1 amide bonds. The highest BCUT2D eigenvalue weighted by Gasteiger charge is 2.48. The van der Waals surface area contributed by atoms with E-state index in [0.717, 1.165) is 5.69 Å². The lowest BCUT2D eigenvalue weighted by molar-refractivity contribution is -0.132. The minimum absolute atomic E-state index is 0.0418. The van der Waals surface area contributed by atoms with Crippen LogP contribution in [0.3, 0.4) is 0 Å². The Balaban J connectivity index is 1.74. The molecule has 4 aromatic rings. The Labute approximate surface area is 216 Å². The van der Waals surface area contributed by atoms with E-state index in [1.165, 1.54) is 42.3 Å². The van der Waals surface area contributed by atoms with E-state index < -0.39 is 29.3 Å². The third kappa shape index (κ3) is 4.17. The smallest absolute Gasteiger partial charge is 0.302 e. The molecule has 3 aromatic carbocycles. The van der Waals surface area contributed by atoms with Crippen molar-refractivity contribution >= 4 is 51.7 Å². The zero-order chi connectivity index (χ0) is 26.4. The van der Waals surface area contributed by atoms with Crippen LogP contribution in [0.5, 0.6) is 5.75 Å². The molecule has 1 aliphatic heterocycles. The summed E-state index contributed by atoms with van der Waals surface area (Å²) in [4.78, 5) is 37.2. The third-order valence-corrected chi connectivity index (χ3v) is 6.59. The summed E-state index contributed by atoms with van der Waals surface area (Å²) in [6.45, 7) is 0. The molecule has 10 heteroatoms. The quantitative estimate of drug-likeness (QED) is 0.217. The van der Waals surface area contributed by atoms with Crippen LogP contribution in [0, 0.1) is 5.82 Å². The van der Waals surface area contributed by atoms with Gasteiger partial charge in [-0.25, -0.2) is 9.37 Å². The molecule has 0 aliphatic carbocycles. The number of rotatable bonds is 5. The molecule has 0 saturated carbocycles. The first-order chi connectivity index (χ1) is 17.7. The monoisotopic (exact) mass is 520 g/mol. The zero-order valence-corrected chi connectivity index (χ0v) is 20.9. The van der Waals surface area contributed by atoms with Crippen LogP contribution >= 0.6 is 11.6 Å². The summed E-state index contributed by atoms with van der Waals surface area (Å²) < 4.78 is 19.1. The highest BCUT2D eigenvalue weighted by molar-refractivity contribution is 6.51. The minimum Gasteiger partial charge on any atom is -0.507 e. The molecule has 5 rings (SSSR count). The SMILES string of the molecule is COc1ccc(Cl)c(/C(O)=C2\C(=O)C(=O)N(c3nc4ccc(F)cc4[nH]3)C2c2ccc(N(C)C)cc2)c1. The van der Waals surface area contributed by atoms with Crippen LogP contribution in [0.2, 0.25) is 5.02 Å². The second-order valence-corrected chi connectivity index (χ2v) is 9.13. The molecule has 1 unspecified atom stereocenters. The number of methoxy groups -OCH3 is 1. The van der Waals surface area contributed by atoms with E-state index in [-0.39, 0.29) is 22.1 Å². The van der Waals surface area contributed by atoms with Crippen LogP contribution < -0.4 is 14.5 Å². The summed E-state index contributed by atoms with van der Waals surface area (Å²) in [5.41, 5.74) is 2.20. The van der Waals surface area contributed by atoms with Gasteiger partial charge < -0.3 is 19.7 Å². The number of amides is 1. The number of benzene rings is 3. The molecular weight excluding hydrogens is 499 g/mol. The predicted molar refractivity (Wildman–Crippen MR) is 140 cm³/mol. The van der Waals surface area contributed by atoms with Gasteiger partial charge in [-0.15, -0.1) is 0 Å². The number of H-pyrrole nitrogens is 1. The maximum absolute atomic E-state index is 13.8. The molecule has 0 spiro atoms. The molecule has 0 radical (unpaired) electrons. The number of fused-ring (bicyclic) bond motifs is 1. The number of carbonyl (C=O) groups excluding carboxylic acids is 2. The Bertz CT molecular complexity index is 1580. The first-order valence-corrected chi connectivity index (χ1v) is 11.6. The van der Waals surface area contributed by atoms with Gasteiger partial charge in [-0.2, -0.15) is 0 Å². The van der Waals surface area contributed by atoms with Crippen molar-refractivity contribution in [3.63, 3.8) is 0 Å². The van der Waals surface area contributed by atoms with Gasteiger partial charge in [-0.3, -0.25) is 14.5 Å². The predicted octanol–water partition coefficient (Wildman–Crippen LogP) is 5.06. The molecule has 2 N–H and O–H groups in total. The maximum atomic E-state index is 13.8. The average Bonchev–Trinajstić information content (AvgIpc) is 3.41. The van der Waals surface area contributed by atoms with E-state index in [2.05, 4.69) is 9.97 Å². The number of ether oxygens (including phenoxy) is 1. The number of aromatic amines is 1. The minimum atomic E-state index is -1.04. The van der Waals surface area contributed by atoms with Gasteiger partial charge in [0.25, 0.3) is 5.78 Å². The Morgan fingerprint density at radius 2 is 1.84 bits per heavy atom. The number of carbonyl (C=O) groups is 2. The second-order valence-electron chi connectivity index (χ2n) is 8.72. The molecular formula is C27H22ClFN4O4. The van der Waals surface area contributed by atoms with Crippen LogP contribution in [0.25, 0.3) is 16.8 Å². The van der Waals surface area contributed by atoms with Crippen LogP contribution in [0.4, 0.5) is 16.0 Å². The van der Waals surface area contributed by atoms with Gasteiger partial charge in [0, 0.05) is 25.3 Å². The van der Waals surface area contributed by atoms with Gasteiger partial charge in [0.2, 0.25) is 5.95 Å². The number of ketones is 1. The van der Waals surface area contributed by atoms with E-state index >= 15 is 0 Å². The molecule has 188 valence electrons. The topological polar surface area (TPSA) is 98.8 Å². The van der Waals surface area contributed by atoms with Crippen LogP contribution in [0.1, 0.15) is 17.2 Å². The van der Waals surface area contributed by atoms with Crippen molar-refractivity contribution in [2.45, 2.75) is 6.04 Å². The highest BCUT2D eigenvalue weighted by atomic mass is 35.5. The summed E-state index contributed by atoms with van der Waals surface area (Å²) in [5, 5.41) is 11.5. The molecule has 37 heavy (non-hydrogen) atoms. The standard InChI is InChI=1S/C27H22ClFN4O4/c1-32(2)16-7-4-14(5-8-16)23-22(24(34)18-13-17(37-3)9-10-19(18)28)25(35)26(36)33(23)27-30-20-11-6-15(29)12-21(20)31-27/h4-13,23,34H,1-3H3,(H,30,31)/b24-22+. The van der Waals surface area contributed by atoms with E-state index in [4.69, 9.17) is 16.3 Å². The fourth-order valence-corrected chi connectivity index (χ4v) is 4.57. The number of nitrogens with zero attached hydrogens (tertiary/aromatic N) is 3. The Morgan fingerprint density at radius 1 is 1.11 bits per heavy atom. The van der Waals surface area contributed by atoms with Gasteiger partial charge in [-0.05, 0) is 54.1 Å². The Morgan fingerprint density at radius 3 is 2.51 bits per heavy atom. The number of anilines is 2. The number of imidazole rings is 1. The number of aromatic nitrogens is 2. The number of hydrogen-bond donors (Lipinski definition) is 2. The highest BCUT2D eigenvalue weighted by Crippen LogP contribution is 2.43. The van der Waals surface area contributed by atoms with Crippen LogP contribution in [-0.4, -0.2) is 48.0 Å². The number of aliphatic hydroxyl groups is 1. The summed E-state index contributed by atoms with van der Waals surface area (Å²) in [7, 11) is 5.24. The summed E-state index contributed by atoms with van der Waals surface area (Å²) >= 11 is 6.36. The number of nitrogens with one attached hydrogen (secondary N) is 1. The average molecular weight is 521 g/mol. The number of Topliss-reactive ketones (excluding diaryl/α,β-unsaturated/α-hetero) is 1. The van der Waals surface area contributed by atoms with Crippen molar-refractivity contribution in [3.8, 4) is 5.75 Å². The first kappa shape index (κ1) is 24.3. The third-order valence-electron chi connectivity index (χ3n) is 6.26. The molecule has 1 atom stereocenters. The van der Waals surface area contributed by atoms with Gasteiger partial charge in [0.1, 0.15) is 17.3 Å². The van der Waals surface area contributed by atoms with Crippen molar-refractivity contribution in [2.75, 3.05) is 31.0 Å². The Hall–Kier alpha value is -4.37. The lowest BCUT2D eigenvalue weighted by Crippen LogP contribution is -2.30. The summed E-state index contributed by atoms with van der Waals surface area (Å²) in [6, 6.07) is 14.8. The van der Waals surface area contributed by atoms with Gasteiger partial charge in [0.05, 0.1) is 34.8 Å². The number of hydrogen-bond acceptors (Lipinski definition) is 6. The second kappa shape index (κ2) is 9.25. The fraction of sp³-hybridized carbons (Fsp3) is 0.148. The summed E-state index contributed by atoms with van der Waals surface area (Å²) in [6.07, 6.45) is 0. The summed E-state index contributed by atoms with van der Waals surface area (Å²) in [5.74, 6) is -2.29. The van der Waals surface area contributed by atoms with Gasteiger partial charge >= 0.3 is 5.91 Å². The molecule has 1 fully saturated rings. The number of aliphatic hydroxyl groups excluding tert-OH is 1. The van der Waals surface area contributed by atoms with E-state index in [1.807, 2.05) is 31.1 Å². The van der Waals surface area contributed by atoms with E-state index in [9.17, 15) is 19.1 Å². The zero-order valence-electron chi connectivity index (χ0n) is 20.1. The van der Waals surface area contributed by atoms with E-state index in [1.54, 1.807) is 18.2 Å². The van der Waals surface area contributed by atoms with Gasteiger partial charge in [0.15, 0.2) is 0 Å². The van der Waals surface area contributed by atoms with Crippen molar-refractivity contribution in [2.24, 2.45) is 0 Å². The van der Waals surface area contributed by atoms with Gasteiger partial charge in [-0.1, -0.05) is 23.7 Å². The van der Waals surface area contributed by atoms with Crippen LogP contribution in [0.15, 0.2) is 66.2 Å². The van der Waals surface area contributed by atoms with Crippen molar-refractivity contribution < 1.29 is 23.8 Å². The van der Waals surface area contributed by atoms with Crippen molar-refractivity contribution in [3.05, 3.63) is 88.2 Å². The first-order valence-electron chi connectivity index (χ1n) is 11.3. The Kier molecular flexibility index (Phi) is 6.08. The maximum Gasteiger partial charge on any atom is 0.302 e. The van der Waals surface area contributed by atoms with Crippen molar-refractivity contribution in [1.82, 2.24) is 9.97 Å². The normalized spacial score (nSPS) is 17.0. The van der Waals surface area contributed by atoms with E-state index in [0.29, 0.717) is 22.3 Å². The molecule has 1 aliphatic rings. The molecule has 0 bridgehead atoms.